The molecule has 0 saturated carbocycles. The maximum Gasteiger partial charge on any atom is 0.130 e. The molecule has 4 heteroatoms. The summed E-state index contributed by atoms with van der Waals surface area (Å²) in [5, 5.41) is 9.22. The monoisotopic (exact) mass is 312 g/mol. The zero-order valence-electron chi connectivity index (χ0n) is 14.2. The van der Waals surface area contributed by atoms with Gasteiger partial charge >= 0.3 is 0 Å². The second-order valence-electron chi connectivity index (χ2n) is 5.54. The molecule has 2 aromatic rings. The summed E-state index contributed by atoms with van der Waals surface area (Å²) < 4.78 is 5.99. The Kier molecular flexibility index (Phi) is 5.77. The lowest BCUT2D eigenvalue weighted by Crippen LogP contribution is -2.16. The van der Waals surface area contributed by atoms with Gasteiger partial charge in [-0.25, -0.2) is 0 Å². The molecule has 122 valence electrons. The zero-order chi connectivity index (χ0) is 16.8. The molecule has 0 heterocycles. The molecular weight excluding hydrogens is 288 g/mol. The third kappa shape index (κ3) is 4.33. The molecule has 0 amide bonds. The third-order valence-electron chi connectivity index (χ3n) is 3.62. The SMILES string of the molecule is CCN=CN(C)c1cc(C)c(Oc2cccc(CO)c2)cc1C. The van der Waals surface area contributed by atoms with Gasteiger partial charge in [-0.1, -0.05) is 12.1 Å². The van der Waals surface area contributed by atoms with E-state index in [0.29, 0.717) is 0 Å². The fraction of sp³-hybridized carbons (Fsp3) is 0.316. The first-order valence-electron chi connectivity index (χ1n) is 7.76. The Bertz CT molecular complexity index is 696. The summed E-state index contributed by atoms with van der Waals surface area (Å²) in [7, 11) is 1.99. The molecule has 4 nitrogen and oxygen atoms in total. The highest BCUT2D eigenvalue weighted by molar-refractivity contribution is 5.80. The van der Waals surface area contributed by atoms with Gasteiger partial charge in [-0.3, -0.25) is 4.99 Å². The number of aryl methyl sites for hydroxylation is 2. The van der Waals surface area contributed by atoms with E-state index >= 15 is 0 Å². The molecule has 1 N–H and O–H groups in total. The number of hydrogen-bond acceptors (Lipinski definition) is 3. The van der Waals surface area contributed by atoms with Crippen molar-refractivity contribution in [2.75, 3.05) is 18.5 Å². The topological polar surface area (TPSA) is 45.1 Å². The molecular formula is C19H24N2O2. The number of aliphatic hydroxyl groups excluding tert-OH is 1. The number of ether oxygens (including phenoxy) is 1. The average molecular weight is 312 g/mol. The summed E-state index contributed by atoms with van der Waals surface area (Å²) in [4.78, 5) is 6.29. The van der Waals surface area contributed by atoms with Crippen LogP contribution < -0.4 is 9.64 Å². The lowest BCUT2D eigenvalue weighted by Gasteiger charge is -2.19. The Hall–Kier alpha value is -2.33. The molecule has 0 aromatic heterocycles. The molecule has 0 saturated heterocycles. The van der Waals surface area contributed by atoms with E-state index in [1.54, 1.807) is 0 Å². The Labute approximate surface area is 138 Å². The summed E-state index contributed by atoms with van der Waals surface area (Å²) in [6.45, 7) is 6.88. The minimum absolute atomic E-state index is 0.00963. The van der Waals surface area contributed by atoms with Gasteiger partial charge in [-0.2, -0.15) is 0 Å². The quantitative estimate of drug-likeness (QED) is 0.646. The maximum absolute atomic E-state index is 9.22. The summed E-state index contributed by atoms with van der Waals surface area (Å²) >= 11 is 0. The first-order valence-corrected chi connectivity index (χ1v) is 7.76. The van der Waals surface area contributed by atoms with Crippen molar-refractivity contribution in [3.63, 3.8) is 0 Å². The van der Waals surface area contributed by atoms with Gasteiger partial charge in [-0.05, 0) is 61.7 Å². The highest BCUT2D eigenvalue weighted by Crippen LogP contribution is 2.31. The van der Waals surface area contributed by atoms with E-state index in [4.69, 9.17) is 4.74 Å². The molecule has 0 aliphatic carbocycles. The van der Waals surface area contributed by atoms with Gasteiger partial charge in [0, 0.05) is 19.3 Å². The van der Waals surface area contributed by atoms with Crippen molar-refractivity contribution in [2.45, 2.75) is 27.4 Å². The molecule has 0 atom stereocenters. The molecule has 0 spiro atoms. The van der Waals surface area contributed by atoms with Crippen molar-refractivity contribution in [3.8, 4) is 11.5 Å². The van der Waals surface area contributed by atoms with Gasteiger partial charge in [0.15, 0.2) is 0 Å². The lowest BCUT2D eigenvalue weighted by atomic mass is 10.1. The van der Waals surface area contributed by atoms with E-state index in [1.807, 2.05) is 62.5 Å². The smallest absolute Gasteiger partial charge is 0.130 e. The predicted molar refractivity (Wildman–Crippen MR) is 95.8 cm³/mol. The van der Waals surface area contributed by atoms with Crippen LogP contribution in [0, 0.1) is 13.8 Å². The van der Waals surface area contributed by atoms with Gasteiger partial charge in [0.05, 0.1) is 12.9 Å². The Balaban J connectivity index is 2.27. The number of hydrogen-bond donors (Lipinski definition) is 1. The van der Waals surface area contributed by atoms with Crippen molar-refractivity contribution in [1.29, 1.82) is 0 Å². The number of benzene rings is 2. The van der Waals surface area contributed by atoms with Gasteiger partial charge < -0.3 is 14.7 Å². The summed E-state index contributed by atoms with van der Waals surface area (Å²) in [6.07, 6.45) is 1.84. The third-order valence-corrected chi connectivity index (χ3v) is 3.62. The van der Waals surface area contributed by atoms with Crippen molar-refractivity contribution in [2.24, 2.45) is 4.99 Å². The summed E-state index contributed by atoms with van der Waals surface area (Å²) in [6, 6.07) is 11.6. The van der Waals surface area contributed by atoms with E-state index in [-0.39, 0.29) is 6.61 Å². The second-order valence-corrected chi connectivity index (χ2v) is 5.54. The van der Waals surface area contributed by atoms with Crippen molar-refractivity contribution < 1.29 is 9.84 Å². The maximum atomic E-state index is 9.22. The second kappa shape index (κ2) is 7.79. The van der Waals surface area contributed by atoms with E-state index in [2.05, 4.69) is 18.0 Å². The summed E-state index contributed by atoms with van der Waals surface area (Å²) in [5.41, 5.74) is 4.12. The van der Waals surface area contributed by atoms with Crippen LogP contribution in [0.4, 0.5) is 5.69 Å². The number of aliphatic hydroxyl groups is 1. The van der Waals surface area contributed by atoms with Crippen LogP contribution in [0.5, 0.6) is 11.5 Å². The Morgan fingerprint density at radius 2 is 1.96 bits per heavy atom. The molecule has 0 fully saturated rings. The number of aliphatic imine (C=N–C) groups is 1. The average Bonchev–Trinajstić information content (AvgIpc) is 2.55. The van der Waals surface area contributed by atoms with Crippen LogP contribution in [0.1, 0.15) is 23.6 Å². The van der Waals surface area contributed by atoms with E-state index in [0.717, 1.165) is 40.4 Å². The molecule has 0 aliphatic rings. The molecule has 23 heavy (non-hydrogen) atoms. The van der Waals surface area contributed by atoms with Gasteiger partial charge in [0.25, 0.3) is 0 Å². The molecule has 0 aliphatic heterocycles. The van der Waals surface area contributed by atoms with E-state index in [1.165, 1.54) is 0 Å². The van der Waals surface area contributed by atoms with Crippen LogP contribution in [-0.2, 0) is 6.61 Å². The highest BCUT2D eigenvalue weighted by atomic mass is 16.5. The van der Waals surface area contributed by atoms with Crippen molar-refractivity contribution in [1.82, 2.24) is 0 Å². The van der Waals surface area contributed by atoms with Gasteiger partial charge in [0.2, 0.25) is 0 Å². The summed E-state index contributed by atoms with van der Waals surface area (Å²) in [5.74, 6) is 1.55. The lowest BCUT2D eigenvalue weighted by molar-refractivity contribution is 0.281. The number of anilines is 1. The fourth-order valence-corrected chi connectivity index (χ4v) is 2.37. The van der Waals surface area contributed by atoms with Crippen LogP contribution in [0.15, 0.2) is 41.4 Å². The standard InChI is InChI=1S/C19H24N2O2/c1-5-20-13-21(4)18-9-15(3)19(10-14(18)2)23-17-8-6-7-16(11-17)12-22/h6-11,13,22H,5,12H2,1-4H3. The Morgan fingerprint density at radius 3 is 2.65 bits per heavy atom. The zero-order valence-corrected chi connectivity index (χ0v) is 14.2. The first-order chi connectivity index (χ1) is 11.0. The predicted octanol–water partition coefficient (Wildman–Crippen LogP) is 4.07. The highest BCUT2D eigenvalue weighted by Gasteiger charge is 2.09. The number of rotatable bonds is 6. The number of nitrogens with zero attached hydrogens (tertiary/aromatic N) is 2. The van der Waals surface area contributed by atoms with Crippen molar-refractivity contribution >= 4 is 12.0 Å². The van der Waals surface area contributed by atoms with Crippen LogP contribution in [0.2, 0.25) is 0 Å². The minimum atomic E-state index is 0.00963. The van der Waals surface area contributed by atoms with E-state index < -0.39 is 0 Å². The molecule has 0 radical (unpaired) electrons. The van der Waals surface area contributed by atoms with Crippen LogP contribution >= 0.6 is 0 Å². The van der Waals surface area contributed by atoms with Gasteiger partial charge in [0.1, 0.15) is 11.5 Å². The minimum Gasteiger partial charge on any atom is -0.457 e. The first kappa shape index (κ1) is 17.0. The van der Waals surface area contributed by atoms with Crippen LogP contribution in [0.25, 0.3) is 0 Å². The molecule has 2 aromatic carbocycles. The molecule has 0 bridgehead atoms. The van der Waals surface area contributed by atoms with Crippen LogP contribution in [-0.4, -0.2) is 25.0 Å². The fourth-order valence-electron chi connectivity index (χ4n) is 2.37. The van der Waals surface area contributed by atoms with Gasteiger partial charge in [-0.15, -0.1) is 0 Å². The molecule has 2 rings (SSSR count). The molecule has 0 unspecified atom stereocenters. The Morgan fingerprint density at radius 1 is 1.17 bits per heavy atom. The van der Waals surface area contributed by atoms with Crippen molar-refractivity contribution in [3.05, 3.63) is 53.1 Å². The normalized spacial score (nSPS) is 11.0. The largest absolute Gasteiger partial charge is 0.457 e. The van der Waals surface area contributed by atoms with Crippen LogP contribution in [0.3, 0.4) is 0 Å². The van der Waals surface area contributed by atoms with E-state index in [9.17, 15) is 5.11 Å².